The van der Waals surface area contributed by atoms with Crippen molar-refractivity contribution in [2.75, 3.05) is 7.05 Å². The molecule has 6 nitrogen and oxygen atoms in total. The summed E-state index contributed by atoms with van der Waals surface area (Å²) in [4.78, 5) is 34.9. The minimum atomic E-state index is -0.482. The summed E-state index contributed by atoms with van der Waals surface area (Å²) >= 11 is 0. The van der Waals surface area contributed by atoms with Gasteiger partial charge in [-0.05, 0) is 31.2 Å². The number of aromatic hydroxyl groups is 1. The zero-order valence-electron chi connectivity index (χ0n) is 11.6. The predicted octanol–water partition coefficient (Wildman–Crippen LogP) is 1.02. The first-order valence-electron chi connectivity index (χ1n) is 6.22. The summed E-state index contributed by atoms with van der Waals surface area (Å²) in [6, 6.07) is 6.91. The van der Waals surface area contributed by atoms with Gasteiger partial charge in [0.15, 0.2) is 6.29 Å². The fraction of sp³-hybridized carbons (Fsp3) is 0.133. The van der Waals surface area contributed by atoms with E-state index < -0.39 is 5.56 Å². The van der Waals surface area contributed by atoms with Gasteiger partial charge in [-0.2, -0.15) is 0 Å². The van der Waals surface area contributed by atoms with Crippen LogP contribution in [0, 0.1) is 6.92 Å². The fourth-order valence-corrected chi connectivity index (χ4v) is 2.12. The quantitative estimate of drug-likeness (QED) is 0.825. The number of hydrogen-bond donors (Lipinski definition) is 2. The molecule has 0 unspecified atom stereocenters. The highest BCUT2D eigenvalue weighted by atomic mass is 16.3. The Labute approximate surface area is 120 Å². The Balaban J connectivity index is 2.76. The van der Waals surface area contributed by atoms with Crippen LogP contribution in [0.3, 0.4) is 0 Å². The fourth-order valence-electron chi connectivity index (χ4n) is 2.12. The zero-order chi connectivity index (χ0) is 15.6. The highest BCUT2D eigenvalue weighted by molar-refractivity contribution is 5.96. The van der Waals surface area contributed by atoms with Crippen LogP contribution in [-0.2, 0) is 0 Å². The molecule has 6 heteroatoms. The van der Waals surface area contributed by atoms with Crippen LogP contribution in [0.25, 0.3) is 5.69 Å². The number of nitrogens with zero attached hydrogens (tertiary/aromatic N) is 1. The maximum Gasteiger partial charge on any atom is 0.259 e. The van der Waals surface area contributed by atoms with Crippen LogP contribution in [0.4, 0.5) is 0 Å². The SMILES string of the molecule is CNC(=O)c1ccc(C=O)c(-n2c(C)cc(O)cc2=O)c1. The molecule has 0 bridgehead atoms. The lowest BCUT2D eigenvalue weighted by Gasteiger charge is -2.13. The lowest BCUT2D eigenvalue weighted by molar-refractivity contribution is 0.0962. The van der Waals surface area contributed by atoms with E-state index in [4.69, 9.17) is 0 Å². The lowest BCUT2D eigenvalue weighted by Crippen LogP contribution is -2.22. The van der Waals surface area contributed by atoms with E-state index in [1.807, 2.05) is 0 Å². The van der Waals surface area contributed by atoms with Crippen molar-refractivity contribution < 1.29 is 14.7 Å². The van der Waals surface area contributed by atoms with Gasteiger partial charge in [0.25, 0.3) is 11.5 Å². The second kappa shape index (κ2) is 5.62. The lowest BCUT2D eigenvalue weighted by atomic mass is 10.1. The van der Waals surface area contributed by atoms with Crippen LogP contribution >= 0.6 is 0 Å². The largest absolute Gasteiger partial charge is 0.508 e. The standard InChI is InChI=1S/C15H14N2O4/c1-9-5-12(19)7-14(20)17(9)13-6-10(15(21)16-2)3-4-11(13)8-18/h3-8,19H,1-2H3,(H,16,21). The molecular weight excluding hydrogens is 272 g/mol. The Morgan fingerprint density at radius 1 is 1.29 bits per heavy atom. The van der Waals surface area contributed by atoms with Crippen LogP contribution in [-0.4, -0.2) is 28.9 Å². The summed E-state index contributed by atoms with van der Waals surface area (Å²) in [6.45, 7) is 1.63. The molecular formula is C15H14N2O4. The van der Waals surface area contributed by atoms with Crippen LogP contribution in [0.5, 0.6) is 5.75 Å². The second-order valence-electron chi connectivity index (χ2n) is 4.50. The van der Waals surface area contributed by atoms with E-state index in [9.17, 15) is 19.5 Å². The van der Waals surface area contributed by atoms with Gasteiger partial charge in [0.1, 0.15) is 5.75 Å². The Kier molecular flexibility index (Phi) is 3.89. The number of aldehydes is 1. The van der Waals surface area contributed by atoms with Crippen molar-refractivity contribution in [2.24, 2.45) is 0 Å². The van der Waals surface area contributed by atoms with Gasteiger partial charge < -0.3 is 10.4 Å². The molecule has 2 N–H and O–H groups in total. The molecule has 0 saturated carbocycles. The van der Waals surface area contributed by atoms with E-state index in [0.717, 1.165) is 6.07 Å². The van der Waals surface area contributed by atoms with Crippen molar-refractivity contribution in [3.05, 3.63) is 57.5 Å². The number of carbonyl (C=O) groups is 2. The molecule has 1 aromatic carbocycles. The van der Waals surface area contributed by atoms with Gasteiger partial charge >= 0.3 is 0 Å². The van der Waals surface area contributed by atoms with Gasteiger partial charge in [-0.15, -0.1) is 0 Å². The highest BCUT2D eigenvalue weighted by Gasteiger charge is 2.13. The first kappa shape index (κ1) is 14.5. The van der Waals surface area contributed by atoms with E-state index in [0.29, 0.717) is 23.2 Å². The third-order valence-corrected chi connectivity index (χ3v) is 3.09. The maximum absolute atomic E-state index is 12.1. The number of aromatic nitrogens is 1. The molecule has 1 amide bonds. The van der Waals surface area contributed by atoms with Crippen molar-refractivity contribution in [2.45, 2.75) is 6.92 Å². The Morgan fingerprint density at radius 2 is 2.00 bits per heavy atom. The molecule has 0 fully saturated rings. The van der Waals surface area contributed by atoms with Gasteiger partial charge in [-0.1, -0.05) is 0 Å². The molecule has 0 spiro atoms. The van der Waals surface area contributed by atoms with Gasteiger partial charge in [0.2, 0.25) is 0 Å². The summed E-state index contributed by atoms with van der Waals surface area (Å²) in [5.41, 5.74) is 0.881. The minimum Gasteiger partial charge on any atom is -0.508 e. The van der Waals surface area contributed by atoms with Crippen molar-refractivity contribution in [3.63, 3.8) is 0 Å². The molecule has 1 aromatic heterocycles. The first-order chi connectivity index (χ1) is 9.97. The summed E-state index contributed by atoms with van der Waals surface area (Å²) in [5, 5.41) is 11.9. The number of benzene rings is 1. The summed E-state index contributed by atoms with van der Waals surface area (Å²) in [7, 11) is 1.49. The zero-order valence-corrected chi connectivity index (χ0v) is 11.6. The smallest absolute Gasteiger partial charge is 0.259 e. The third kappa shape index (κ3) is 2.69. The number of rotatable bonds is 3. The monoisotopic (exact) mass is 286 g/mol. The van der Waals surface area contributed by atoms with Gasteiger partial charge in [0.05, 0.1) is 5.69 Å². The van der Waals surface area contributed by atoms with E-state index in [1.165, 1.54) is 35.9 Å². The van der Waals surface area contributed by atoms with Crippen molar-refractivity contribution >= 4 is 12.2 Å². The normalized spacial score (nSPS) is 10.2. The maximum atomic E-state index is 12.1. The van der Waals surface area contributed by atoms with E-state index in [1.54, 1.807) is 6.92 Å². The minimum absolute atomic E-state index is 0.149. The molecule has 108 valence electrons. The van der Waals surface area contributed by atoms with E-state index in [2.05, 4.69) is 5.32 Å². The predicted molar refractivity (Wildman–Crippen MR) is 77.2 cm³/mol. The number of hydrogen-bond acceptors (Lipinski definition) is 4. The molecule has 0 aliphatic rings. The number of nitrogens with one attached hydrogen (secondary N) is 1. The molecule has 0 radical (unpaired) electrons. The molecule has 0 atom stereocenters. The molecule has 2 rings (SSSR count). The van der Waals surface area contributed by atoms with E-state index >= 15 is 0 Å². The average Bonchev–Trinajstić information content (AvgIpc) is 2.45. The molecule has 0 aliphatic carbocycles. The number of carbonyl (C=O) groups excluding carboxylic acids is 2. The van der Waals surface area contributed by atoms with Crippen LogP contribution in [0.15, 0.2) is 35.1 Å². The van der Waals surface area contributed by atoms with Crippen molar-refractivity contribution in [3.8, 4) is 11.4 Å². The number of amides is 1. The van der Waals surface area contributed by atoms with Gasteiger partial charge in [0, 0.05) is 29.9 Å². The van der Waals surface area contributed by atoms with Crippen LogP contribution in [0.2, 0.25) is 0 Å². The molecule has 0 aliphatic heterocycles. The number of aryl methyl sites for hydroxylation is 1. The van der Waals surface area contributed by atoms with Crippen molar-refractivity contribution in [1.29, 1.82) is 0 Å². The molecule has 1 heterocycles. The van der Waals surface area contributed by atoms with Gasteiger partial charge in [-0.25, -0.2) is 0 Å². The topological polar surface area (TPSA) is 88.4 Å². The third-order valence-electron chi connectivity index (χ3n) is 3.09. The van der Waals surface area contributed by atoms with Gasteiger partial charge in [-0.3, -0.25) is 19.0 Å². The Bertz CT molecular complexity index is 778. The average molecular weight is 286 g/mol. The molecule has 2 aromatic rings. The first-order valence-corrected chi connectivity index (χ1v) is 6.22. The van der Waals surface area contributed by atoms with Crippen LogP contribution in [0.1, 0.15) is 26.4 Å². The molecule has 0 saturated heterocycles. The second-order valence-corrected chi connectivity index (χ2v) is 4.50. The Morgan fingerprint density at radius 3 is 2.57 bits per heavy atom. The van der Waals surface area contributed by atoms with Crippen molar-refractivity contribution in [1.82, 2.24) is 9.88 Å². The summed E-state index contributed by atoms with van der Waals surface area (Å²) in [6.07, 6.45) is 0.613. The molecule has 21 heavy (non-hydrogen) atoms. The highest BCUT2D eigenvalue weighted by Crippen LogP contribution is 2.18. The van der Waals surface area contributed by atoms with Crippen LogP contribution < -0.4 is 10.9 Å². The van der Waals surface area contributed by atoms with E-state index in [-0.39, 0.29) is 17.2 Å². The number of pyridine rings is 1. The Hall–Kier alpha value is -2.89. The summed E-state index contributed by atoms with van der Waals surface area (Å²) < 4.78 is 1.27. The summed E-state index contributed by atoms with van der Waals surface area (Å²) in [5.74, 6) is -0.470.